The number of halogens is 1. The number of quaternary nitrogens is 1. The molecule has 0 saturated carbocycles. The van der Waals surface area contributed by atoms with E-state index in [0.717, 1.165) is 31.9 Å². The van der Waals surface area contributed by atoms with Crippen molar-refractivity contribution in [3.63, 3.8) is 0 Å². The summed E-state index contributed by atoms with van der Waals surface area (Å²) in [6.45, 7) is 3.93. The Morgan fingerprint density at radius 3 is 2.38 bits per heavy atom. The molecular formula is C17H21BrN3O2S+. The first-order valence-corrected chi connectivity index (χ1v) is 10.2. The van der Waals surface area contributed by atoms with Crippen LogP contribution in [0.25, 0.3) is 0 Å². The van der Waals surface area contributed by atoms with E-state index in [1.165, 1.54) is 4.90 Å². The minimum Gasteiger partial charge on any atom is -0.359 e. The summed E-state index contributed by atoms with van der Waals surface area (Å²) in [5.74, 6) is 0. The first-order valence-electron chi connectivity index (χ1n) is 7.90. The Labute approximate surface area is 151 Å². The van der Waals surface area contributed by atoms with Crippen molar-refractivity contribution in [2.24, 2.45) is 0 Å². The van der Waals surface area contributed by atoms with E-state index in [1.54, 1.807) is 24.3 Å². The number of likely N-dealkylation sites (N-methyl/N-ethyl adjacent to an activating group) is 1. The van der Waals surface area contributed by atoms with E-state index >= 15 is 0 Å². The number of benzene rings is 2. The van der Waals surface area contributed by atoms with Crippen LogP contribution in [0.15, 0.2) is 57.9 Å². The van der Waals surface area contributed by atoms with Crippen molar-refractivity contribution >= 4 is 37.3 Å². The molecule has 1 heterocycles. The molecule has 1 aliphatic heterocycles. The van der Waals surface area contributed by atoms with Gasteiger partial charge in [0.1, 0.15) is 4.90 Å². The fraction of sp³-hybridized carbons (Fsp3) is 0.294. The Balaban J connectivity index is 1.89. The summed E-state index contributed by atoms with van der Waals surface area (Å²) >= 11 is 3.31. The molecule has 7 heteroatoms. The molecule has 2 aromatic carbocycles. The molecule has 0 bridgehead atoms. The van der Waals surface area contributed by atoms with Gasteiger partial charge in [0.25, 0.3) is 10.0 Å². The highest BCUT2D eigenvalue weighted by atomic mass is 79.9. The molecule has 128 valence electrons. The second-order valence-corrected chi connectivity index (χ2v) is 8.50. The molecule has 2 N–H and O–H groups in total. The Morgan fingerprint density at radius 1 is 1.04 bits per heavy atom. The van der Waals surface area contributed by atoms with Gasteiger partial charge in [-0.25, -0.2) is 8.42 Å². The van der Waals surface area contributed by atoms with Crippen molar-refractivity contribution < 1.29 is 13.3 Å². The lowest BCUT2D eigenvalue weighted by molar-refractivity contribution is -0.880. The van der Waals surface area contributed by atoms with Crippen molar-refractivity contribution in [3.8, 4) is 0 Å². The Hall–Kier alpha value is -1.57. The fourth-order valence-corrected chi connectivity index (χ4v) is 4.91. The predicted molar refractivity (Wildman–Crippen MR) is 100 cm³/mol. The third kappa shape index (κ3) is 3.74. The molecule has 1 aliphatic rings. The number of sulfonamides is 1. The van der Waals surface area contributed by atoms with Crippen molar-refractivity contribution in [1.82, 2.24) is 0 Å². The number of para-hydroxylation sites is 2. The number of hydrogen-bond donors (Lipinski definition) is 2. The van der Waals surface area contributed by atoms with Crippen LogP contribution in [0.3, 0.4) is 0 Å². The van der Waals surface area contributed by atoms with Gasteiger partial charge in [0.15, 0.2) is 0 Å². The second kappa shape index (κ2) is 7.13. The van der Waals surface area contributed by atoms with Gasteiger partial charge in [0.2, 0.25) is 0 Å². The van der Waals surface area contributed by atoms with Crippen molar-refractivity contribution in [2.75, 3.05) is 42.8 Å². The maximum absolute atomic E-state index is 12.7. The average molecular weight is 411 g/mol. The molecule has 0 radical (unpaired) electrons. The van der Waals surface area contributed by atoms with Crippen LogP contribution in [0.5, 0.6) is 0 Å². The number of hydrogen-bond acceptors (Lipinski definition) is 3. The minimum atomic E-state index is -3.64. The quantitative estimate of drug-likeness (QED) is 0.804. The van der Waals surface area contributed by atoms with E-state index in [0.29, 0.717) is 10.2 Å². The maximum Gasteiger partial charge on any atom is 0.263 e. The van der Waals surface area contributed by atoms with Gasteiger partial charge in [0.05, 0.1) is 44.6 Å². The zero-order valence-electron chi connectivity index (χ0n) is 13.5. The van der Waals surface area contributed by atoms with Crippen LogP contribution in [0.2, 0.25) is 0 Å². The number of nitrogens with one attached hydrogen (secondary N) is 2. The normalized spacial score (nSPS) is 16.2. The van der Waals surface area contributed by atoms with Crippen LogP contribution >= 0.6 is 15.9 Å². The van der Waals surface area contributed by atoms with Crippen LogP contribution in [-0.2, 0) is 10.0 Å². The average Bonchev–Trinajstić information content (AvgIpc) is 2.56. The van der Waals surface area contributed by atoms with Crippen LogP contribution in [0.4, 0.5) is 11.4 Å². The molecule has 5 nitrogen and oxygen atoms in total. The lowest BCUT2D eigenvalue weighted by Gasteiger charge is -2.33. The van der Waals surface area contributed by atoms with Crippen molar-refractivity contribution in [2.45, 2.75) is 4.90 Å². The van der Waals surface area contributed by atoms with Crippen LogP contribution in [0, 0.1) is 0 Å². The molecule has 0 aliphatic carbocycles. The van der Waals surface area contributed by atoms with E-state index < -0.39 is 10.0 Å². The number of nitrogens with zero attached hydrogens (tertiary/aromatic N) is 1. The highest BCUT2D eigenvalue weighted by Gasteiger charge is 2.22. The van der Waals surface area contributed by atoms with E-state index in [4.69, 9.17) is 0 Å². The number of rotatable bonds is 4. The molecule has 0 unspecified atom stereocenters. The SMILES string of the molecule is C[NH+]1CCN(c2ccccc2NS(=O)(=O)c2ccccc2Br)CC1. The summed E-state index contributed by atoms with van der Waals surface area (Å²) in [6, 6.07) is 14.4. The Morgan fingerprint density at radius 2 is 1.67 bits per heavy atom. The van der Waals surface area contributed by atoms with Crippen molar-refractivity contribution in [1.29, 1.82) is 0 Å². The summed E-state index contributed by atoms with van der Waals surface area (Å²) in [7, 11) is -1.47. The third-order valence-electron chi connectivity index (χ3n) is 4.23. The molecule has 0 amide bonds. The summed E-state index contributed by atoms with van der Waals surface area (Å²) in [4.78, 5) is 3.98. The molecular weight excluding hydrogens is 390 g/mol. The summed E-state index contributed by atoms with van der Waals surface area (Å²) in [5.41, 5.74) is 1.55. The predicted octanol–water partition coefficient (Wildman–Crippen LogP) is 1.58. The molecule has 0 spiro atoms. The monoisotopic (exact) mass is 410 g/mol. The Bertz CT molecular complexity index is 818. The molecule has 3 rings (SSSR count). The first kappa shape index (κ1) is 17.3. The van der Waals surface area contributed by atoms with Crippen LogP contribution in [-0.4, -0.2) is 41.6 Å². The van der Waals surface area contributed by atoms with Crippen molar-refractivity contribution in [3.05, 3.63) is 53.0 Å². The molecule has 1 saturated heterocycles. The van der Waals surface area contributed by atoms with Crippen LogP contribution in [0.1, 0.15) is 0 Å². The van der Waals surface area contributed by atoms with E-state index in [9.17, 15) is 8.42 Å². The van der Waals surface area contributed by atoms with Gasteiger partial charge < -0.3 is 9.80 Å². The summed E-state index contributed by atoms with van der Waals surface area (Å²) < 4.78 is 28.8. The standard InChI is InChI=1S/C17H20BrN3O2S/c1-20-10-12-21(13-11-20)16-8-4-3-7-15(16)19-24(22,23)17-9-5-2-6-14(17)18/h2-9,19H,10-13H2,1H3/p+1. The molecule has 1 fully saturated rings. The minimum absolute atomic E-state index is 0.239. The van der Waals surface area contributed by atoms with Gasteiger partial charge in [-0.2, -0.15) is 0 Å². The third-order valence-corrected chi connectivity index (χ3v) is 6.61. The Kier molecular flexibility index (Phi) is 5.12. The molecule has 24 heavy (non-hydrogen) atoms. The van der Waals surface area contributed by atoms with Gasteiger partial charge >= 0.3 is 0 Å². The molecule has 0 atom stereocenters. The number of piperazine rings is 1. The second-order valence-electron chi connectivity index (χ2n) is 6.00. The zero-order valence-corrected chi connectivity index (χ0v) is 15.9. The first-order chi connectivity index (χ1) is 11.5. The van der Waals surface area contributed by atoms with E-state index in [1.807, 2.05) is 24.3 Å². The van der Waals surface area contributed by atoms with Gasteiger partial charge in [-0.3, -0.25) is 4.72 Å². The highest BCUT2D eigenvalue weighted by molar-refractivity contribution is 9.10. The van der Waals surface area contributed by atoms with Gasteiger partial charge in [0, 0.05) is 4.47 Å². The van der Waals surface area contributed by atoms with E-state index in [-0.39, 0.29) is 4.90 Å². The van der Waals surface area contributed by atoms with Gasteiger partial charge in [-0.1, -0.05) is 24.3 Å². The van der Waals surface area contributed by atoms with Gasteiger partial charge in [-0.15, -0.1) is 0 Å². The topological polar surface area (TPSA) is 53.9 Å². The number of anilines is 2. The highest BCUT2D eigenvalue weighted by Crippen LogP contribution is 2.29. The maximum atomic E-state index is 12.7. The van der Waals surface area contributed by atoms with Gasteiger partial charge in [-0.05, 0) is 40.2 Å². The summed E-state index contributed by atoms with van der Waals surface area (Å²) in [5, 5.41) is 0. The lowest BCUT2D eigenvalue weighted by Crippen LogP contribution is -3.12. The lowest BCUT2D eigenvalue weighted by atomic mass is 10.2. The molecule has 0 aromatic heterocycles. The fourth-order valence-electron chi connectivity index (χ4n) is 2.83. The zero-order chi connectivity index (χ0) is 17.2. The molecule has 2 aromatic rings. The smallest absolute Gasteiger partial charge is 0.263 e. The van der Waals surface area contributed by atoms with Crippen LogP contribution < -0.4 is 14.5 Å². The largest absolute Gasteiger partial charge is 0.359 e. The van der Waals surface area contributed by atoms with E-state index in [2.05, 4.69) is 32.6 Å². The summed E-state index contributed by atoms with van der Waals surface area (Å²) in [6.07, 6.45) is 0.